The van der Waals surface area contributed by atoms with Crippen molar-refractivity contribution in [3.63, 3.8) is 0 Å². The third-order valence-electron chi connectivity index (χ3n) is 2.30. The first kappa shape index (κ1) is 13.1. The summed E-state index contributed by atoms with van der Waals surface area (Å²) in [7, 11) is -2.04. The summed E-state index contributed by atoms with van der Waals surface area (Å²) < 4.78 is 27.1. The Hall–Kier alpha value is -0.920. The van der Waals surface area contributed by atoms with Crippen LogP contribution in [0.25, 0.3) is 0 Å². The van der Waals surface area contributed by atoms with E-state index >= 15 is 0 Å². The Morgan fingerprint density at radius 1 is 1.56 bits per heavy atom. The summed E-state index contributed by atoms with van der Waals surface area (Å²) in [6, 6.07) is 1.41. The van der Waals surface area contributed by atoms with Crippen LogP contribution in [0, 0.1) is 5.92 Å². The maximum absolute atomic E-state index is 11.8. The van der Waals surface area contributed by atoms with E-state index in [0.717, 1.165) is 0 Å². The summed E-state index contributed by atoms with van der Waals surface area (Å²) in [4.78, 5) is 0. The lowest BCUT2D eigenvalue weighted by Gasteiger charge is -2.15. The maximum atomic E-state index is 11.8. The van der Waals surface area contributed by atoms with Crippen LogP contribution < -0.4 is 4.72 Å². The second-order valence-corrected chi connectivity index (χ2v) is 5.67. The number of hydrogen-bond acceptors (Lipinski definition) is 4. The molecule has 0 bridgehead atoms. The number of sulfonamides is 1. The number of rotatable bonds is 5. The Morgan fingerprint density at radius 3 is 2.62 bits per heavy atom. The van der Waals surface area contributed by atoms with E-state index in [1.807, 2.05) is 13.8 Å². The van der Waals surface area contributed by atoms with Gasteiger partial charge in [0.1, 0.15) is 0 Å². The van der Waals surface area contributed by atoms with E-state index in [9.17, 15) is 13.5 Å². The first-order valence-electron chi connectivity index (χ1n) is 5.00. The molecule has 0 aliphatic heterocycles. The van der Waals surface area contributed by atoms with Crippen LogP contribution in [-0.4, -0.2) is 36.0 Å². The molecule has 0 aromatic carbocycles. The van der Waals surface area contributed by atoms with Crippen molar-refractivity contribution < 1.29 is 13.5 Å². The Bertz CT molecular complexity index is 439. The van der Waals surface area contributed by atoms with Crippen molar-refractivity contribution in [2.45, 2.75) is 25.0 Å². The molecule has 1 atom stereocenters. The molecule has 7 heteroatoms. The van der Waals surface area contributed by atoms with Gasteiger partial charge < -0.3 is 5.11 Å². The van der Waals surface area contributed by atoms with Crippen molar-refractivity contribution >= 4 is 10.0 Å². The number of hydrogen-bond donors (Lipinski definition) is 2. The van der Waals surface area contributed by atoms with E-state index in [-0.39, 0.29) is 17.5 Å². The second-order valence-electron chi connectivity index (χ2n) is 3.96. The Balaban J connectivity index is 2.71. The van der Waals surface area contributed by atoms with E-state index in [1.54, 1.807) is 7.05 Å². The van der Waals surface area contributed by atoms with Crippen LogP contribution in [0.3, 0.4) is 0 Å². The largest absolute Gasteiger partial charge is 0.391 e. The number of nitrogens with zero attached hydrogens (tertiary/aromatic N) is 2. The normalized spacial score (nSPS) is 14.3. The quantitative estimate of drug-likeness (QED) is 0.749. The summed E-state index contributed by atoms with van der Waals surface area (Å²) in [5.41, 5.74) is 0. The number of aromatic nitrogens is 2. The van der Waals surface area contributed by atoms with Crippen molar-refractivity contribution in [2.75, 3.05) is 6.54 Å². The van der Waals surface area contributed by atoms with Gasteiger partial charge in [0.25, 0.3) is 10.0 Å². The summed E-state index contributed by atoms with van der Waals surface area (Å²) in [5, 5.41) is 13.4. The van der Waals surface area contributed by atoms with E-state index in [1.165, 1.54) is 16.9 Å². The van der Waals surface area contributed by atoms with Gasteiger partial charge in [0, 0.05) is 13.6 Å². The highest BCUT2D eigenvalue weighted by atomic mass is 32.2. The van der Waals surface area contributed by atoms with Crippen molar-refractivity contribution in [3.05, 3.63) is 12.3 Å². The van der Waals surface area contributed by atoms with E-state index in [0.29, 0.717) is 0 Å². The first-order valence-corrected chi connectivity index (χ1v) is 6.48. The third kappa shape index (κ3) is 3.03. The third-order valence-corrected chi connectivity index (χ3v) is 3.80. The molecular formula is C9H17N3O3S. The maximum Gasteiger partial charge on any atom is 0.257 e. The topological polar surface area (TPSA) is 84.2 Å². The standard InChI is InChI=1S/C9H17N3O3S/c1-7(2)8(13)6-11-16(14,15)9-4-5-10-12(9)3/h4-5,7-8,11,13H,6H2,1-3H3. The average Bonchev–Trinajstić information content (AvgIpc) is 2.61. The molecule has 0 spiro atoms. The Morgan fingerprint density at radius 2 is 2.19 bits per heavy atom. The van der Waals surface area contributed by atoms with Crippen molar-refractivity contribution in [2.24, 2.45) is 13.0 Å². The molecule has 6 nitrogen and oxygen atoms in total. The summed E-state index contributed by atoms with van der Waals surface area (Å²) in [6.45, 7) is 3.65. The van der Waals surface area contributed by atoms with Crippen molar-refractivity contribution in [3.8, 4) is 0 Å². The van der Waals surface area contributed by atoms with Crippen molar-refractivity contribution in [1.82, 2.24) is 14.5 Å². The predicted octanol–water partition coefficient (Wildman–Crippen LogP) is -0.285. The van der Waals surface area contributed by atoms with Gasteiger partial charge in [0.2, 0.25) is 0 Å². The van der Waals surface area contributed by atoms with Gasteiger partial charge in [-0.05, 0) is 12.0 Å². The van der Waals surface area contributed by atoms with Gasteiger partial charge in [-0.1, -0.05) is 13.8 Å². The molecule has 0 aliphatic carbocycles. The molecule has 1 heterocycles. The van der Waals surface area contributed by atoms with Crippen LogP contribution >= 0.6 is 0 Å². The van der Waals surface area contributed by atoms with Gasteiger partial charge in [-0.25, -0.2) is 13.1 Å². The lowest BCUT2D eigenvalue weighted by molar-refractivity contribution is 0.129. The molecule has 2 N–H and O–H groups in total. The van der Waals surface area contributed by atoms with Gasteiger partial charge in [-0.15, -0.1) is 0 Å². The van der Waals surface area contributed by atoms with Gasteiger partial charge >= 0.3 is 0 Å². The number of aliphatic hydroxyl groups is 1. The Kier molecular flexibility index (Phi) is 4.06. The zero-order valence-corrected chi connectivity index (χ0v) is 10.4. The molecule has 1 aromatic heterocycles. The van der Waals surface area contributed by atoms with Gasteiger partial charge in [0.05, 0.1) is 12.3 Å². The zero-order chi connectivity index (χ0) is 12.3. The van der Waals surface area contributed by atoms with Crippen LogP contribution in [0.15, 0.2) is 17.3 Å². The minimum absolute atomic E-state index is 0.00514. The smallest absolute Gasteiger partial charge is 0.257 e. The Labute approximate surface area is 95.3 Å². The number of nitrogens with one attached hydrogen (secondary N) is 1. The molecule has 0 saturated heterocycles. The molecule has 0 fully saturated rings. The van der Waals surface area contributed by atoms with Gasteiger partial charge in [-0.3, -0.25) is 4.68 Å². The second kappa shape index (κ2) is 4.94. The molecular weight excluding hydrogens is 230 g/mol. The highest BCUT2D eigenvalue weighted by molar-refractivity contribution is 7.89. The molecule has 16 heavy (non-hydrogen) atoms. The fourth-order valence-electron chi connectivity index (χ4n) is 1.13. The molecule has 0 aliphatic rings. The average molecular weight is 247 g/mol. The first-order chi connectivity index (χ1) is 7.34. The molecule has 0 amide bonds. The van der Waals surface area contributed by atoms with Crippen LogP contribution in [-0.2, 0) is 17.1 Å². The minimum Gasteiger partial charge on any atom is -0.391 e. The lowest BCUT2D eigenvalue weighted by atomic mass is 10.1. The van der Waals surface area contributed by atoms with Crippen LogP contribution in [0.1, 0.15) is 13.8 Å². The molecule has 0 radical (unpaired) electrons. The highest BCUT2D eigenvalue weighted by Crippen LogP contribution is 2.07. The van der Waals surface area contributed by atoms with Gasteiger partial charge in [0.15, 0.2) is 5.03 Å². The minimum atomic E-state index is -3.59. The molecule has 0 saturated carbocycles. The molecule has 92 valence electrons. The predicted molar refractivity (Wildman–Crippen MR) is 59.2 cm³/mol. The molecule has 1 unspecified atom stereocenters. The lowest BCUT2D eigenvalue weighted by Crippen LogP contribution is -2.35. The number of aliphatic hydroxyl groups excluding tert-OH is 1. The number of aryl methyl sites for hydroxylation is 1. The summed E-state index contributed by atoms with van der Waals surface area (Å²) in [5.74, 6) is 0.00855. The van der Waals surface area contributed by atoms with Crippen LogP contribution in [0.5, 0.6) is 0 Å². The SMILES string of the molecule is CC(C)C(O)CNS(=O)(=O)c1ccnn1C. The molecule has 1 rings (SSSR count). The van der Waals surface area contributed by atoms with Gasteiger partial charge in [-0.2, -0.15) is 5.10 Å². The van der Waals surface area contributed by atoms with Crippen LogP contribution in [0.4, 0.5) is 0 Å². The van der Waals surface area contributed by atoms with Crippen molar-refractivity contribution in [1.29, 1.82) is 0 Å². The fraction of sp³-hybridized carbons (Fsp3) is 0.667. The highest BCUT2D eigenvalue weighted by Gasteiger charge is 2.19. The zero-order valence-electron chi connectivity index (χ0n) is 9.58. The summed E-state index contributed by atoms with van der Waals surface area (Å²) >= 11 is 0. The van der Waals surface area contributed by atoms with E-state index in [2.05, 4.69) is 9.82 Å². The monoisotopic (exact) mass is 247 g/mol. The summed E-state index contributed by atoms with van der Waals surface area (Å²) in [6.07, 6.45) is 0.718. The molecule has 1 aromatic rings. The van der Waals surface area contributed by atoms with E-state index < -0.39 is 16.1 Å². The fourth-order valence-corrected chi connectivity index (χ4v) is 2.30. The van der Waals surface area contributed by atoms with E-state index in [4.69, 9.17) is 0 Å². The van der Waals surface area contributed by atoms with Crippen LogP contribution in [0.2, 0.25) is 0 Å².